The van der Waals surface area contributed by atoms with Crippen LogP contribution in [0.25, 0.3) is 0 Å². The molecule has 0 aromatic carbocycles. The smallest absolute Gasteiger partial charge is 0.235 e. The Kier molecular flexibility index (Phi) is 5.68. The molecular weight excluding hydrogens is 250 g/mol. The first kappa shape index (κ1) is 15.0. The first-order valence-electron chi connectivity index (χ1n) is 6.05. The molecule has 18 heavy (non-hydrogen) atoms. The van der Waals surface area contributed by atoms with E-state index < -0.39 is 6.10 Å². The third-order valence-electron chi connectivity index (χ3n) is 2.58. The molecule has 1 rings (SSSR count). The molecule has 5 nitrogen and oxygen atoms in total. The average molecular weight is 271 g/mol. The number of rotatable bonds is 6. The van der Waals surface area contributed by atoms with E-state index in [1.165, 1.54) is 11.8 Å². The van der Waals surface area contributed by atoms with Crippen molar-refractivity contribution in [2.45, 2.75) is 45.1 Å². The number of anilines is 1. The molecule has 0 aliphatic heterocycles. The Balaban J connectivity index is 2.47. The molecule has 2 N–H and O–H groups in total. The van der Waals surface area contributed by atoms with Crippen molar-refractivity contribution in [3.05, 3.63) is 12.3 Å². The number of amides is 1. The lowest BCUT2D eigenvalue weighted by Gasteiger charge is -2.15. The fraction of sp³-hybridized carbons (Fsp3) is 0.667. The Bertz CT molecular complexity index is 390. The molecule has 0 spiro atoms. The second-order valence-electron chi connectivity index (χ2n) is 4.56. The second kappa shape index (κ2) is 6.80. The van der Waals surface area contributed by atoms with Gasteiger partial charge in [-0.3, -0.25) is 4.79 Å². The van der Waals surface area contributed by atoms with Gasteiger partial charge in [0, 0.05) is 17.4 Å². The van der Waals surface area contributed by atoms with Gasteiger partial charge in [-0.1, -0.05) is 6.92 Å². The van der Waals surface area contributed by atoms with Crippen LogP contribution in [0.4, 0.5) is 5.82 Å². The van der Waals surface area contributed by atoms with Gasteiger partial charge in [-0.2, -0.15) is 5.10 Å². The van der Waals surface area contributed by atoms with Crippen molar-refractivity contribution < 1.29 is 9.90 Å². The molecule has 6 heteroatoms. The fourth-order valence-electron chi connectivity index (χ4n) is 1.35. The summed E-state index contributed by atoms with van der Waals surface area (Å²) in [6.07, 6.45) is 1.25. The van der Waals surface area contributed by atoms with Gasteiger partial charge in [-0.05, 0) is 20.8 Å². The lowest BCUT2D eigenvalue weighted by atomic mass is 10.3. The molecule has 0 aliphatic rings. The van der Waals surface area contributed by atoms with Crippen molar-refractivity contribution >= 4 is 23.5 Å². The number of nitrogens with zero attached hydrogens (tertiary/aromatic N) is 2. The van der Waals surface area contributed by atoms with Crippen molar-refractivity contribution in [3.8, 4) is 0 Å². The van der Waals surface area contributed by atoms with Crippen LogP contribution >= 0.6 is 11.8 Å². The summed E-state index contributed by atoms with van der Waals surface area (Å²) in [5, 5.41) is 16.4. The van der Waals surface area contributed by atoms with Crippen LogP contribution in [0.2, 0.25) is 0 Å². The van der Waals surface area contributed by atoms with Crippen LogP contribution in [0.5, 0.6) is 0 Å². The minimum Gasteiger partial charge on any atom is -0.392 e. The van der Waals surface area contributed by atoms with Crippen LogP contribution in [0.1, 0.15) is 33.7 Å². The first-order valence-corrected chi connectivity index (χ1v) is 7.09. The summed E-state index contributed by atoms with van der Waals surface area (Å²) in [6, 6.07) is 1.99. The van der Waals surface area contributed by atoms with Crippen LogP contribution in [-0.4, -0.2) is 37.9 Å². The number of carbonyl (C=O) groups excluding carboxylic acids is 1. The quantitative estimate of drug-likeness (QED) is 0.829. The number of hydrogen-bond donors (Lipinski definition) is 2. The zero-order valence-electron chi connectivity index (χ0n) is 11.3. The monoisotopic (exact) mass is 271 g/mol. The standard InChI is InChI=1S/C12H21N3O2S/c1-8(2)15-11(5-6-13-15)14-12(17)7-18-10(4)9(3)16/h5-6,8-10,16H,7H2,1-4H3,(H,14,17). The highest BCUT2D eigenvalue weighted by Gasteiger charge is 2.13. The maximum atomic E-state index is 11.8. The van der Waals surface area contributed by atoms with Crippen molar-refractivity contribution in [2.24, 2.45) is 0 Å². The number of thioether (sulfide) groups is 1. The molecule has 1 aromatic heterocycles. The zero-order chi connectivity index (χ0) is 13.7. The second-order valence-corrected chi connectivity index (χ2v) is 5.93. The van der Waals surface area contributed by atoms with Gasteiger partial charge in [0.05, 0.1) is 18.1 Å². The summed E-state index contributed by atoms with van der Waals surface area (Å²) in [5.74, 6) is 0.963. The van der Waals surface area contributed by atoms with E-state index in [4.69, 9.17) is 0 Å². The molecule has 0 radical (unpaired) electrons. The average Bonchev–Trinajstić information content (AvgIpc) is 2.73. The highest BCUT2D eigenvalue weighted by atomic mass is 32.2. The van der Waals surface area contributed by atoms with Crippen LogP contribution < -0.4 is 5.32 Å². The van der Waals surface area contributed by atoms with E-state index in [1.807, 2.05) is 20.8 Å². The Hall–Kier alpha value is -1.01. The molecule has 1 amide bonds. The summed E-state index contributed by atoms with van der Waals surface area (Å²) in [5.41, 5.74) is 0. The van der Waals surface area contributed by atoms with Crippen molar-refractivity contribution in [2.75, 3.05) is 11.1 Å². The molecular formula is C12H21N3O2S. The summed E-state index contributed by atoms with van der Waals surface area (Å²) < 4.78 is 1.76. The van der Waals surface area contributed by atoms with E-state index in [1.54, 1.807) is 23.9 Å². The van der Waals surface area contributed by atoms with Crippen LogP contribution in [0.15, 0.2) is 12.3 Å². The largest absolute Gasteiger partial charge is 0.392 e. The van der Waals surface area contributed by atoms with E-state index in [0.29, 0.717) is 11.6 Å². The van der Waals surface area contributed by atoms with Gasteiger partial charge >= 0.3 is 0 Å². The predicted octanol–water partition coefficient (Wildman–Crippen LogP) is 1.90. The normalized spacial score (nSPS) is 14.6. The van der Waals surface area contributed by atoms with Gasteiger partial charge in [0.25, 0.3) is 0 Å². The van der Waals surface area contributed by atoms with Crippen LogP contribution in [-0.2, 0) is 4.79 Å². The van der Waals surface area contributed by atoms with Crippen molar-refractivity contribution in [1.82, 2.24) is 9.78 Å². The zero-order valence-corrected chi connectivity index (χ0v) is 12.1. The lowest BCUT2D eigenvalue weighted by Crippen LogP contribution is -2.22. The SMILES string of the molecule is CC(O)C(C)SCC(=O)Nc1ccnn1C(C)C. The van der Waals surface area contributed by atoms with Crippen LogP contribution in [0.3, 0.4) is 0 Å². The molecule has 1 heterocycles. The van der Waals surface area contributed by atoms with Gasteiger partial charge in [-0.15, -0.1) is 11.8 Å². The van der Waals surface area contributed by atoms with Crippen LogP contribution in [0, 0.1) is 0 Å². The summed E-state index contributed by atoms with van der Waals surface area (Å²) in [4.78, 5) is 11.8. The summed E-state index contributed by atoms with van der Waals surface area (Å²) >= 11 is 1.44. The highest BCUT2D eigenvalue weighted by Crippen LogP contribution is 2.16. The molecule has 0 fully saturated rings. The molecule has 0 bridgehead atoms. The van der Waals surface area contributed by atoms with E-state index in [9.17, 15) is 9.90 Å². The molecule has 0 saturated carbocycles. The minimum atomic E-state index is -0.413. The minimum absolute atomic E-state index is 0.0470. The van der Waals surface area contributed by atoms with Gasteiger partial charge in [0.1, 0.15) is 5.82 Å². The molecule has 0 aliphatic carbocycles. The topological polar surface area (TPSA) is 67.2 Å². The first-order chi connectivity index (χ1) is 8.41. The maximum absolute atomic E-state index is 11.8. The van der Waals surface area contributed by atoms with Gasteiger partial charge < -0.3 is 10.4 Å². The summed E-state index contributed by atoms with van der Waals surface area (Å²) in [6.45, 7) is 7.64. The van der Waals surface area contributed by atoms with Crippen molar-refractivity contribution in [1.29, 1.82) is 0 Å². The number of aliphatic hydroxyl groups is 1. The Morgan fingerprint density at radius 1 is 1.50 bits per heavy atom. The third kappa shape index (κ3) is 4.34. The number of carbonyl (C=O) groups is 1. The highest BCUT2D eigenvalue weighted by molar-refractivity contribution is 8.00. The Morgan fingerprint density at radius 2 is 2.17 bits per heavy atom. The molecule has 102 valence electrons. The van der Waals surface area contributed by atoms with Gasteiger partial charge in [0.2, 0.25) is 5.91 Å². The molecule has 1 aromatic rings. The molecule has 2 atom stereocenters. The van der Waals surface area contributed by atoms with Gasteiger partial charge in [0.15, 0.2) is 0 Å². The van der Waals surface area contributed by atoms with E-state index in [-0.39, 0.29) is 17.2 Å². The number of aromatic nitrogens is 2. The Labute approximate surface area is 112 Å². The molecule has 0 saturated heterocycles. The number of nitrogens with one attached hydrogen (secondary N) is 1. The lowest BCUT2D eigenvalue weighted by molar-refractivity contribution is -0.113. The maximum Gasteiger partial charge on any atom is 0.235 e. The Morgan fingerprint density at radius 3 is 2.72 bits per heavy atom. The van der Waals surface area contributed by atoms with E-state index in [0.717, 1.165) is 0 Å². The van der Waals surface area contributed by atoms with Crippen molar-refractivity contribution in [3.63, 3.8) is 0 Å². The third-order valence-corrected chi connectivity index (χ3v) is 3.93. The predicted molar refractivity (Wildman–Crippen MR) is 74.8 cm³/mol. The molecule has 2 unspecified atom stereocenters. The number of aliphatic hydroxyl groups excluding tert-OH is 1. The van der Waals surface area contributed by atoms with Gasteiger partial charge in [-0.25, -0.2) is 4.68 Å². The fourth-order valence-corrected chi connectivity index (χ4v) is 2.12. The summed E-state index contributed by atoms with van der Waals surface area (Å²) in [7, 11) is 0. The van der Waals surface area contributed by atoms with E-state index >= 15 is 0 Å². The van der Waals surface area contributed by atoms with E-state index in [2.05, 4.69) is 10.4 Å². The number of hydrogen-bond acceptors (Lipinski definition) is 4.